The van der Waals surface area contributed by atoms with Crippen LogP contribution in [0.25, 0.3) is 0 Å². The van der Waals surface area contributed by atoms with Crippen molar-refractivity contribution in [2.24, 2.45) is 0 Å². The van der Waals surface area contributed by atoms with Crippen LogP contribution in [0.3, 0.4) is 0 Å². The number of amides is 1. The second kappa shape index (κ2) is 9.07. The molecule has 1 heterocycles. The molecule has 0 radical (unpaired) electrons. The number of rotatable bonds is 7. The van der Waals surface area contributed by atoms with Gasteiger partial charge in [0.2, 0.25) is 5.91 Å². The first-order valence-corrected chi connectivity index (χ1v) is 9.28. The number of piperidine rings is 1. The second-order valence-electron chi connectivity index (χ2n) is 6.64. The minimum Gasteiger partial charge on any atom is -0.495 e. The molecule has 0 aliphatic carbocycles. The molecule has 0 bridgehead atoms. The Labute approximate surface area is 163 Å². The highest BCUT2D eigenvalue weighted by Crippen LogP contribution is 2.28. The monoisotopic (exact) mass is 384 g/mol. The number of carbonyl (C=O) groups is 1. The Morgan fingerprint density at radius 2 is 1.86 bits per heavy atom. The number of nitro groups is 1. The van der Waals surface area contributed by atoms with E-state index in [4.69, 9.17) is 4.74 Å². The number of nitro benzene ring substituents is 1. The van der Waals surface area contributed by atoms with Crippen molar-refractivity contribution in [2.45, 2.75) is 19.3 Å². The number of benzene rings is 2. The average molecular weight is 384 g/mol. The quantitative estimate of drug-likeness (QED) is 0.559. The van der Waals surface area contributed by atoms with Gasteiger partial charge in [-0.2, -0.15) is 0 Å². The van der Waals surface area contributed by atoms with Gasteiger partial charge in [-0.1, -0.05) is 0 Å². The zero-order valence-corrected chi connectivity index (χ0v) is 15.8. The number of nitrogens with one attached hydrogen (secondary N) is 2. The smallest absolute Gasteiger partial charge is 0.271 e. The van der Waals surface area contributed by atoms with Crippen molar-refractivity contribution in [3.8, 4) is 5.75 Å². The van der Waals surface area contributed by atoms with Gasteiger partial charge in [-0.05, 0) is 49.6 Å². The number of anilines is 3. The summed E-state index contributed by atoms with van der Waals surface area (Å²) in [6.45, 7) is 2.10. The lowest BCUT2D eigenvalue weighted by atomic mass is 10.1. The molecule has 0 atom stereocenters. The summed E-state index contributed by atoms with van der Waals surface area (Å²) in [6.07, 6.45) is 3.71. The first-order chi connectivity index (χ1) is 13.6. The largest absolute Gasteiger partial charge is 0.495 e. The van der Waals surface area contributed by atoms with E-state index in [1.165, 1.54) is 44.6 Å². The predicted molar refractivity (Wildman–Crippen MR) is 109 cm³/mol. The van der Waals surface area contributed by atoms with E-state index in [1.807, 2.05) is 24.3 Å². The van der Waals surface area contributed by atoms with Gasteiger partial charge in [0.25, 0.3) is 5.69 Å². The maximum absolute atomic E-state index is 12.2. The molecule has 2 N–H and O–H groups in total. The van der Waals surface area contributed by atoms with Crippen LogP contribution in [-0.2, 0) is 4.79 Å². The number of hydrogen-bond acceptors (Lipinski definition) is 6. The Morgan fingerprint density at radius 3 is 2.50 bits per heavy atom. The molecule has 1 aliphatic rings. The standard InChI is InChI=1S/C20H24N4O4/c1-28-19-10-9-17(24(26)27)13-18(19)21-14-20(25)22-15-5-7-16(8-6-15)23-11-3-2-4-12-23/h5-10,13,21H,2-4,11-12,14H2,1H3,(H,22,25). The molecule has 2 aromatic rings. The Kier molecular flexibility index (Phi) is 6.31. The summed E-state index contributed by atoms with van der Waals surface area (Å²) in [4.78, 5) is 25.0. The highest BCUT2D eigenvalue weighted by atomic mass is 16.6. The molecule has 1 aliphatic heterocycles. The molecule has 3 rings (SSSR count). The van der Waals surface area contributed by atoms with Gasteiger partial charge < -0.3 is 20.3 Å². The number of non-ortho nitro benzene ring substituents is 1. The number of methoxy groups -OCH3 is 1. The van der Waals surface area contributed by atoms with Gasteiger partial charge in [0.05, 0.1) is 24.3 Å². The first-order valence-electron chi connectivity index (χ1n) is 9.28. The number of ether oxygens (including phenoxy) is 1. The van der Waals surface area contributed by atoms with Crippen molar-refractivity contribution in [1.82, 2.24) is 0 Å². The third kappa shape index (κ3) is 4.91. The van der Waals surface area contributed by atoms with E-state index in [0.717, 1.165) is 18.8 Å². The molecule has 0 unspecified atom stereocenters. The van der Waals surface area contributed by atoms with Crippen LogP contribution in [0.15, 0.2) is 42.5 Å². The van der Waals surface area contributed by atoms with Crippen LogP contribution < -0.4 is 20.3 Å². The summed E-state index contributed by atoms with van der Waals surface area (Å²) in [7, 11) is 1.47. The van der Waals surface area contributed by atoms with E-state index >= 15 is 0 Å². The fraction of sp³-hybridized carbons (Fsp3) is 0.350. The average Bonchev–Trinajstić information content (AvgIpc) is 2.73. The number of hydrogen-bond donors (Lipinski definition) is 2. The fourth-order valence-electron chi connectivity index (χ4n) is 3.24. The molecular formula is C20H24N4O4. The van der Waals surface area contributed by atoms with Crippen LogP contribution in [0.4, 0.5) is 22.7 Å². The van der Waals surface area contributed by atoms with Crippen molar-refractivity contribution < 1.29 is 14.5 Å². The van der Waals surface area contributed by atoms with Crippen LogP contribution in [0.1, 0.15) is 19.3 Å². The topological polar surface area (TPSA) is 96.7 Å². The lowest BCUT2D eigenvalue weighted by molar-refractivity contribution is -0.384. The van der Waals surface area contributed by atoms with E-state index < -0.39 is 4.92 Å². The predicted octanol–water partition coefficient (Wildman–Crippen LogP) is 3.64. The van der Waals surface area contributed by atoms with Crippen LogP contribution in [0.5, 0.6) is 5.75 Å². The minimum absolute atomic E-state index is 0.0363. The molecule has 28 heavy (non-hydrogen) atoms. The molecule has 8 nitrogen and oxygen atoms in total. The molecule has 1 saturated heterocycles. The van der Waals surface area contributed by atoms with E-state index in [9.17, 15) is 14.9 Å². The zero-order valence-electron chi connectivity index (χ0n) is 15.8. The molecule has 0 saturated carbocycles. The van der Waals surface area contributed by atoms with Crippen molar-refractivity contribution in [2.75, 3.05) is 42.3 Å². The number of carbonyl (C=O) groups excluding carboxylic acids is 1. The van der Waals surface area contributed by atoms with Gasteiger partial charge in [-0.3, -0.25) is 14.9 Å². The molecule has 148 valence electrons. The van der Waals surface area contributed by atoms with Gasteiger partial charge in [0, 0.05) is 36.6 Å². The SMILES string of the molecule is COc1ccc([N+](=O)[O-])cc1NCC(=O)Nc1ccc(N2CCCCC2)cc1. The third-order valence-corrected chi connectivity index (χ3v) is 4.71. The van der Waals surface area contributed by atoms with Crippen molar-refractivity contribution in [1.29, 1.82) is 0 Å². The first kappa shape index (κ1) is 19.5. The molecule has 2 aromatic carbocycles. The Bertz CT molecular complexity index is 833. The molecular weight excluding hydrogens is 360 g/mol. The van der Waals surface area contributed by atoms with Crippen molar-refractivity contribution in [3.63, 3.8) is 0 Å². The molecule has 1 amide bonds. The van der Waals surface area contributed by atoms with Crippen LogP contribution >= 0.6 is 0 Å². The van der Waals surface area contributed by atoms with Gasteiger partial charge in [0.1, 0.15) is 5.75 Å². The Hall–Kier alpha value is -3.29. The lowest BCUT2D eigenvalue weighted by Gasteiger charge is -2.28. The summed E-state index contributed by atoms with van der Waals surface area (Å²) < 4.78 is 5.18. The maximum atomic E-state index is 12.2. The van der Waals surface area contributed by atoms with E-state index in [0.29, 0.717) is 17.1 Å². The highest BCUT2D eigenvalue weighted by molar-refractivity contribution is 5.94. The Balaban J connectivity index is 1.57. The maximum Gasteiger partial charge on any atom is 0.271 e. The van der Waals surface area contributed by atoms with Gasteiger partial charge in [-0.15, -0.1) is 0 Å². The molecule has 0 spiro atoms. The van der Waals surface area contributed by atoms with Gasteiger partial charge in [-0.25, -0.2) is 0 Å². The minimum atomic E-state index is -0.491. The second-order valence-corrected chi connectivity index (χ2v) is 6.64. The van der Waals surface area contributed by atoms with Crippen molar-refractivity contribution in [3.05, 3.63) is 52.6 Å². The summed E-state index contributed by atoms with van der Waals surface area (Å²) in [5.74, 6) is 0.184. The fourth-order valence-corrected chi connectivity index (χ4v) is 3.24. The van der Waals surface area contributed by atoms with E-state index in [-0.39, 0.29) is 18.1 Å². The van der Waals surface area contributed by atoms with Crippen LogP contribution in [0, 0.1) is 10.1 Å². The summed E-state index contributed by atoms with van der Waals surface area (Å²) in [6, 6.07) is 12.0. The van der Waals surface area contributed by atoms with Gasteiger partial charge >= 0.3 is 0 Å². The van der Waals surface area contributed by atoms with Crippen molar-refractivity contribution >= 4 is 28.7 Å². The Morgan fingerprint density at radius 1 is 1.14 bits per heavy atom. The van der Waals surface area contributed by atoms with Crippen LogP contribution in [0.2, 0.25) is 0 Å². The summed E-state index contributed by atoms with van der Waals surface area (Å²) >= 11 is 0. The normalized spacial score (nSPS) is 13.7. The van der Waals surface area contributed by atoms with E-state index in [2.05, 4.69) is 15.5 Å². The molecule has 1 fully saturated rings. The molecule has 0 aromatic heterocycles. The number of nitrogens with zero attached hydrogens (tertiary/aromatic N) is 2. The summed E-state index contributed by atoms with van der Waals surface area (Å²) in [5.41, 5.74) is 2.19. The third-order valence-electron chi connectivity index (χ3n) is 4.71. The zero-order chi connectivity index (χ0) is 19.9. The lowest BCUT2D eigenvalue weighted by Crippen LogP contribution is -2.29. The van der Waals surface area contributed by atoms with Gasteiger partial charge in [0.15, 0.2) is 0 Å². The summed E-state index contributed by atoms with van der Waals surface area (Å²) in [5, 5.41) is 16.6. The molecule has 8 heteroatoms. The van der Waals surface area contributed by atoms with Crippen LogP contribution in [-0.4, -0.2) is 37.6 Å². The van der Waals surface area contributed by atoms with E-state index in [1.54, 1.807) is 0 Å². The highest BCUT2D eigenvalue weighted by Gasteiger charge is 2.13.